The number of hydrogen-bond acceptors (Lipinski definition) is 7. The Kier molecular flexibility index (Phi) is 6.00. The summed E-state index contributed by atoms with van der Waals surface area (Å²) in [6.07, 6.45) is 1.94. The number of ether oxygens (including phenoxy) is 3. The Balaban J connectivity index is 2.05. The lowest BCUT2D eigenvalue weighted by molar-refractivity contribution is 0.286. The van der Waals surface area contributed by atoms with Crippen molar-refractivity contribution in [3.63, 3.8) is 0 Å². The van der Waals surface area contributed by atoms with E-state index < -0.39 is 0 Å². The highest BCUT2D eigenvalue weighted by Crippen LogP contribution is 2.29. The zero-order valence-electron chi connectivity index (χ0n) is 15.5. The van der Waals surface area contributed by atoms with E-state index in [-0.39, 0.29) is 11.8 Å². The van der Waals surface area contributed by atoms with Crippen molar-refractivity contribution in [2.45, 2.75) is 26.3 Å². The van der Waals surface area contributed by atoms with Crippen LogP contribution in [0.4, 0.5) is 5.82 Å². The van der Waals surface area contributed by atoms with Crippen molar-refractivity contribution in [2.75, 3.05) is 26.6 Å². The molecule has 3 rings (SSSR count). The van der Waals surface area contributed by atoms with Crippen molar-refractivity contribution in [3.05, 3.63) is 28.2 Å². The van der Waals surface area contributed by atoms with Gasteiger partial charge in [0.05, 0.1) is 27.4 Å². The van der Waals surface area contributed by atoms with Gasteiger partial charge in [0.1, 0.15) is 5.75 Å². The van der Waals surface area contributed by atoms with Crippen LogP contribution in [0.3, 0.4) is 0 Å². The van der Waals surface area contributed by atoms with Crippen molar-refractivity contribution in [2.24, 2.45) is 0 Å². The second-order valence-corrected chi connectivity index (χ2v) is 6.82. The van der Waals surface area contributed by atoms with E-state index in [2.05, 4.69) is 37.8 Å². The van der Waals surface area contributed by atoms with Gasteiger partial charge in [0.25, 0.3) is 6.01 Å². The molecule has 0 saturated heterocycles. The molecule has 0 saturated carbocycles. The van der Waals surface area contributed by atoms with E-state index >= 15 is 0 Å². The Morgan fingerprint density at radius 3 is 2.67 bits per heavy atom. The van der Waals surface area contributed by atoms with Gasteiger partial charge in [0.2, 0.25) is 0 Å². The van der Waals surface area contributed by atoms with Crippen LogP contribution >= 0.6 is 15.9 Å². The molecule has 0 aliphatic rings. The maximum atomic E-state index is 6.07. The number of nitrogens with two attached hydrogens (primary N) is 1. The molecule has 3 aromatic rings. The highest BCUT2D eigenvalue weighted by molar-refractivity contribution is 9.10. The number of unbranched alkanes of at least 4 members (excludes halogenated alkanes) is 1. The zero-order valence-corrected chi connectivity index (χ0v) is 17.1. The predicted octanol–water partition coefficient (Wildman–Crippen LogP) is 3.42. The molecule has 0 amide bonds. The molecule has 0 spiro atoms. The lowest BCUT2D eigenvalue weighted by atomic mass is 10.2. The topological polar surface area (TPSA) is 97.3 Å². The lowest BCUT2D eigenvalue weighted by Crippen LogP contribution is -2.07. The molecule has 144 valence electrons. The molecule has 0 unspecified atom stereocenters. The smallest absolute Gasteiger partial charge is 0.320 e. The number of aromatic nitrogens is 4. The molecule has 27 heavy (non-hydrogen) atoms. The fourth-order valence-corrected chi connectivity index (χ4v) is 3.01. The molecule has 9 heteroatoms. The quantitative estimate of drug-likeness (QED) is 0.541. The number of halogens is 1. The van der Waals surface area contributed by atoms with Gasteiger partial charge in [-0.1, -0.05) is 35.3 Å². The third-order valence-electron chi connectivity index (χ3n) is 4.06. The SMILES string of the molecule is CCCCOc1nc(N)c2nc(OC)n(Cc3ccc(Br)cc3OC)c2n1. The molecule has 2 N–H and O–H groups in total. The first-order valence-corrected chi connectivity index (χ1v) is 9.39. The van der Waals surface area contributed by atoms with E-state index in [1.165, 1.54) is 0 Å². The maximum absolute atomic E-state index is 6.07. The minimum absolute atomic E-state index is 0.236. The van der Waals surface area contributed by atoms with Crippen LogP contribution in [0.25, 0.3) is 11.2 Å². The number of nitrogens with zero attached hydrogens (tertiary/aromatic N) is 4. The van der Waals surface area contributed by atoms with Crippen molar-refractivity contribution in [1.29, 1.82) is 0 Å². The highest BCUT2D eigenvalue weighted by Gasteiger charge is 2.19. The molecule has 1 aromatic carbocycles. The zero-order chi connectivity index (χ0) is 19.4. The number of hydrogen-bond donors (Lipinski definition) is 1. The van der Waals surface area contributed by atoms with Gasteiger partial charge in [-0.25, -0.2) is 0 Å². The van der Waals surface area contributed by atoms with Gasteiger partial charge in [-0.3, -0.25) is 4.57 Å². The summed E-state index contributed by atoms with van der Waals surface area (Å²) in [5.74, 6) is 1.00. The van der Waals surface area contributed by atoms with Gasteiger partial charge < -0.3 is 19.9 Å². The molecule has 8 nitrogen and oxygen atoms in total. The van der Waals surface area contributed by atoms with Crippen LogP contribution in [0.5, 0.6) is 17.8 Å². The largest absolute Gasteiger partial charge is 0.496 e. The van der Waals surface area contributed by atoms with Crippen LogP contribution in [-0.2, 0) is 6.54 Å². The average Bonchev–Trinajstić information content (AvgIpc) is 3.01. The van der Waals surface area contributed by atoms with Crippen molar-refractivity contribution >= 4 is 32.9 Å². The summed E-state index contributed by atoms with van der Waals surface area (Å²) in [5.41, 5.74) is 8.05. The number of anilines is 1. The molecular weight excluding hydrogens is 414 g/mol. The van der Waals surface area contributed by atoms with Crippen molar-refractivity contribution in [3.8, 4) is 17.8 Å². The summed E-state index contributed by atoms with van der Waals surface area (Å²) in [4.78, 5) is 13.1. The number of fused-ring (bicyclic) bond motifs is 1. The summed E-state index contributed by atoms with van der Waals surface area (Å²) in [5, 5.41) is 0. The van der Waals surface area contributed by atoms with Crippen LogP contribution in [0, 0.1) is 0 Å². The number of nitrogen functional groups attached to an aromatic ring is 1. The monoisotopic (exact) mass is 435 g/mol. The Bertz CT molecular complexity index is 944. The number of rotatable bonds is 8. The van der Waals surface area contributed by atoms with E-state index in [1.54, 1.807) is 14.2 Å². The van der Waals surface area contributed by atoms with Gasteiger partial charge >= 0.3 is 6.01 Å². The lowest BCUT2D eigenvalue weighted by Gasteiger charge is -2.12. The first-order chi connectivity index (χ1) is 13.1. The van der Waals surface area contributed by atoms with Crippen LogP contribution < -0.4 is 19.9 Å². The number of benzene rings is 1. The minimum Gasteiger partial charge on any atom is -0.496 e. The highest BCUT2D eigenvalue weighted by atomic mass is 79.9. The van der Waals surface area contributed by atoms with E-state index in [0.717, 1.165) is 28.6 Å². The second kappa shape index (κ2) is 8.43. The third kappa shape index (κ3) is 4.08. The van der Waals surface area contributed by atoms with Crippen LogP contribution in [0.15, 0.2) is 22.7 Å². The van der Waals surface area contributed by atoms with E-state index in [9.17, 15) is 0 Å². The summed E-state index contributed by atoms with van der Waals surface area (Å²) >= 11 is 3.45. The Labute approximate surface area is 165 Å². The number of methoxy groups -OCH3 is 2. The van der Waals surface area contributed by atoms with Crippen LogP contribution in [0.2, 0.25) is 0 Å². The average molecular weight is 436 g/mol. The maximum Gasteiger partial charge on any atom is 0.320 e. The van der Waals surface area contributed by atoms with Gasteiger partial charge in [-0.2, -0.15) is 15.0 Å². The molecule has 0 atom stereocenters. The van der Waals surface area contributed by atoms with Gasteiger partial charge in [0.15, 0.2) is 17.0 Å². The van der Waals surface area contributed by atoms with Gasteiger partial charge in [0, 0.05) is 10.0 Å². The first-order valence-electron chi connectivity index (χ1n) is 8.60. The molecule has 0 fully saturated rings. The molecule has 0 radical (unpaired) electrons. The normalized spacial score (nSPS) is 11.0. The predicted molar refractivity (Wildman–Crippen MR) is 106 cm³/mol. The van der Waals surface area contributed by atoms with E-state index in [4.69, 9.17) is 19.9 Å². The minimum atomic E-state index is 0.236. The molecule has 0 aliphatic carbocycles. The third-order valence-corrected chi connectivity index (χ3v) is 4.55. The fourth-order valence-electron chi connectivity index (χ4n) is 2.67. The van der Waals surface area contributed by atoms with E-state index in [1.807, 2.05) is 22.8 Å². The molecule has 2 heterocycles. The molecular formula is C18H22BrN5O3. The fraction of sp³-hybridized carbons (Fsp3) is 0.389. The second-order valence-electron chi connectivity index (χ2n) is 5.91. The molecule has 0 bridgehead atoms. The summed E-state index contributed by atoms with van der Waals surface area (Å²) < 4.78 is 19.3. The molecule has 2 aromatic heterocycles. The summed E-state index contributed by atoms with van der Waals surface area (Å²) in [7, 11) is 3.19. The van der Waals surface area contributed by atoms with Gasteiger partial charge in [-0.15, -0.1) is 0 Å². The Morgan fingerprint density at radius 1 is 1.15 bits per heavy atom. The summed E-state index contributed by atoms with van der Waals surface area (Å²) in [6.45, 7) is 3.07. The van der Waals surface area contributed by atoms with E-state index in [0.29, 0.717) is 30.3 Å². The standard InChI is InChI=1S/C18H22BrN5O3/c1-4-5-8-27-17-22-15(20)14-16(23-17)24(18(21-14)26-3)10-11-6-7-12(19)9-13(11)25-2/h6-7,9H,4-5,8,10H2,1-3H3,(H2,20,22,23). The first kappa shape index (κ1) is 19.2. The Morgan fingerprint density at radius 2 is 1.96 bits per heavy atom. The number of imidazole rings is 1. The van der Waals surface area contributed by atoms with Gasteiger partial charge in [-0.05, 0) is 18.6 Å². The van der Waals surface area contributed by atoms with Crippen molar-refractivity contribution < 1.29 is 14.2 Å². The molecule has 0 aliphatic heterocycles. The van der Waals surface area contributed by atoms with Crippen LogP contribution in [-0.4, -0.2) is 40.3 Å². The summed E-state index contributed by atoms with van der Waals surface area (Å²) in [6, 6.07) is 6.45. The Hall–Kier alpha value is -2.55. The van der Waals surface area contributed by atoms with Crippen LogP contribution in [0.1, 0.15) is 25.3 Å². The van der Waals surface area contributed by atoms with Crippen molar-refractivity contribution in [1.82, 2.24) is 19.5 Å².